The molecule has 0 fully saturated rings. The van der Waals surface area contributed by atoms with E-state index in [4.69, 9.17) is 9.84 Å². The number of hydrogen-bond donors (Lipinski definition) is 2. The van der Waals surface area contributed by atoms with Gasteiger partial charge in [-0.05, 0) is 24.8 Å². The van der Waals surface area contributed by atoms with Crippen LogP contribution in [0.1, 0.15) is 30.7 Å². The normalized spacial score (nSPS) is 13.3. The van der Waals surface area contributed by atoms with Crippen molar-refractivity contribution in [1.82, 2.24) is 5.32 Å². The number of thiophene rings is 1. The Labute approximate surface area is 117 Å². The van der Waals surface area contributed by atoms with E-state index in [2.05, 4.69) is 17.2 Å². The third kappa shape index (κ3) is 4.06. The number of carbonyl (C=O) groups is 1. The molecular weight excluding hydrogens is 262 g/mol. The molecular formula is C14H19NO3S. The van der Waals surface area contributed by atoms with E-state index in [1.165, 1.54) is 18.4 Å². The first-order valence-corrected chi connectivity index (χ1v) is 6.95. The maximum Gasteiger partial charge on any atom is 0.252 e. The van der Waals surface area contributed by atoms with Crippen molar-refractivity contribution >= 4 is 17.2 Å². The molecule has 0 radical (unpaired) electrons. The van der Waals surface area contributed by atoms with Crippen LogP contribution in [0.15, 0.2) is 11.4 Å². The summed E-state index contributed by atoms with van der Waals surface area (Å²) in [4.78, 5) is 13.0. The van der Waals surface area contributed by atoms with Crippen molar-refractivity contribution in [3.63, 3.8) is 0 Å². The number of amides is 1. The quantitative estimate of drug-likeness (QED) is 0.805. The molecule has 0 aliphatic rings. The molecule has 4 nitrogen and oxygen atoms in total. The summed E-state index contributed by atoms with van der Waals surface area (Å²) in [6.07, 6.45) is 0.608. The first kappa shape index (κ1) is 15.7. The Morgan fingerprint density at radius 3 is 2.95 bits per heavy atom. The predicted molar refractivity (Wildman–Crippen MR) is 75.8 cm³/mol. The van der Waals surface area contributed by atoms with Crippen molar-refractivity contribution in [3.8, 4) is 11.8 Å². The van der Waals surface area contributed by atoms with Gasteiger partial charge in [0.25, 0.3) is 5.91 Å². The van der Waals surface area contributed by atoms with Gasteiger partial charge in [0.15, 0.2) is 0 Å². The number of aliphatic hydroxyl groups is 1. The molecule has 5 heteroatoms. The largest absolute Gasteiger partial charge is 0.384 e. The lowest BCUT2D eigenvalue weighted by molar-refractivity contribution is -0.141. The standard InChI is InChI=1S/C14H19NO3S/c1-4-14(2,18-3)13(17)15-10-12-11(6-5-8-16)7-9-19-12/h7,9,16H,4,8,10H2,1-3H3,(H,15,17). The molecule has 19 heavy (non-hydrogen) atoms. The summed E-state index contributed by atoms with van der Waals surface area (Å²) in [7, 11) is 1.53. The van der Waals surface area contributed by atoms with Gasteiger partial charge in [-0.15, -0.1) is 11.3 Å². The van der Waals surface area contributed by atoms with Gasteiger partial charge < -0.3 is 15.2 Å². The van der Waals surface area contributed by atoms with Crippen LogP contribution in [0.4, 0.5) is 0 Å². The maximum atomic E-state index is 12.0. The zero-order chi connectivity index (χ0) is 14.3. The highest BCUT2D eigenvalue weighted by molar-refractivity contribution is 7.10. The topological polar surface area (TPSA) is 58.6 Å². The Hall–Kier alpha value is -1.35. The van der Waals surface area contributed by atoms with Gasteiger partial charge in [-0.2, -0.15) is 0 Å². The molecule has 0 spiro atoms. The van der Waals surface area contributed by atoms with Gasteiger partial charge in [-0.1, -0.05) is 18.8 Å². The average Bonchev–Trinajstić information content (AvgIpc) is 2.88. The molecule has 0 saturated heterocycles. The van der Waals surface area contributed by atoms with Crippen LogP contribution in [0.5, 0.6) is 0 Å². The number of rotatable bonds is 5. The van der Waals surface area contributed by atoms with Crippen LogP contribution in [0.3, 0.4) is 0 Å². The third-order valence-corrected chi connectivity index (χ3v) is 3.98. The molecule has 2 N–H and O–H groups in total. The SMILES string of the molecule is CCC(C)(OC)C(=O)NCc1sccc1C#CCO. The third-order valence-electron chi connectivity index (χ3n) is 3.06. The van der Waals surface area contributed by atoms with Gasteiger partial charge in [0, 0.05) is 17.6 Å². The monoisotopic (exact) mass is 281 g/mol. The van der Waals surface area contributed by atoms with Gasteiger partial charge in [0.2, 0.25) is 0 Å². The summed E-state index contributed by atoms with van der Waals surface area (Å²) in [5, 5.41) is 13.5. The second-order valence-electron chi connectivity index (χ2n) is 4.19. The van der Waals surface area contributed by atoms with Crippen molar-refractivity contribution in [3.05, 3.63) is 21.9 Å². The van der Waals surface area contributed by atoms with Crippen LogP contribution >= 0.6 is 11.3 Å². The highest BCUT2D eigenvalue weighted by atomic mass is 32.1. The molecule has 0 aliphatic heterocycles. The molecule has 1 aromatic rings. The van der Waals surface area contributed by atoms with Crippen molar-refractivity contribution < 1.29 is 14.6 Å². The predicted octanol–water partition coefficient (Wildman–Crippen LogP) is 1.52. The summed E-state index contributed by atoms with van der Waals surface area (Å²) < 4.78 is 5.24. The zero-order valence-electron chi connectivity index (χ0n) is 11.4. The van der Waals surface area contributed by atoms with E-state index in [1.807, 2.05) is 18.4 Å². The van der Waals surface area contributed by atoms with E-state index in [9.17, 15) is 4.79 Å². The summed E-state index contributed by atoms with van der Waals surface area (Å²) in [6, 6.07) is 1.88. The summed E-state index contributed by atoms with van der Waals surface area (Å²) in [5.74, 6) is 5.33. The lowest BCUT2D eigenvalue weighted by atomic mass is 10.0. The summed E-state index contributed by atoms with van der Waals surface area (Å²) in [5.41, 5.74) is 0.0451. The first-order valence-electron chi connectivity index (χ1n) is 6.07. The highest BCUT2D eigenvalue weighted by Crippen LogP contribution is 2.17. The minimum atomic E-state index is -0.797. The fourth-order valence-electron chi connectivity index (χ4n) is 1.47. The van der Waals surface area contributed by atoms with E-state index in [-0.39, 0.29) is 12.5 Å². The van der Waals surface area contributed by atoms with Gasteiger partial charge >= 0.3 is 0 Å². The minimum absolute atomic E-state index is 0.132. The number of aliphatic hydroxyl groups excluding tert-OH is 1. The Bertz CT molecular complexity index is 480. The smallest absolute Gasteiger partial charge is 0.252 e. The molecule has 1 aromatic heterocycles. The van der Waals surface area contributed by atoms with Crippen LogP contribution in [0, 0.1) is 11.8 Å². The fourth-order valence-corrected chi connectivity index (χ4v) is 2.24. The van der Waals surface area contributed by atoms with Crippen molar-refractivity contribution in [2.75, 3.05) is 13.7 Å². The lowest BCUT2D eigenvalue weighted by Gasteiger charge is -2.25. The van der Waals surface area contributed by atoms with Crippen molar-refractivity contribution in [1.29, 1.82) is 0 Å². The van der Waals surface area contributed by atoms with Gasteiger partial charge in [0.1, 0.15) is 12.2 Å². The highest BCUT2D eigenvalue weighted by Gasteiger charge is 2.30. The molecule has 1 heterocycles. The lowest BCUT2D eigenvalue weighted by Crippen LogP contribution is -2.45. The Balaban J connectivity index is 2.67. The van der Waals surface area contributed by atoms with Crippen LogP contribution in [0.25, 0.3) is 0 Å². The molecule has 1 rings (SSSR count). The van der Waals surface area contributed by atoms with Gasteiger partial charge in [-0.25, -0.2) is 0 Å². The summed E-state index contributed by atoms with van der Waals surface area (Å²) in [6.45, 7) is 3.93. The number of hydrogen-bond acceptors (Lipinski definition) is 4. The maximum absolute atomic E-state index is 12.0. The number of carbonyl (C=O) groups excluding carboxylic acids is 1. The Morgan fingerprint density at radius 2 is 2.37 bits per heavy atom. The molecule has 1 amide bonds. The van der Waals surface area contributed by atoms with Crippen molar-refractivity contribution in [2.45, 2.75) is 32.4 Å². The number of methoxy groups -OCH3 is 1. The first-order chi connectivity index (χ1) is 9.07. The van der Waals surface area contributed by atoms with Gasteiger partial charge in [0.05, 0.1) is 6.54 Å². The van der Waals surface area contributed by atoms with Crippen LogP contribution in [-0.4, -0.2) is 30.3 Å². The average molecular weight is 281 g/mol. The Kier molecular flexibility index (Phi) is 6.03. The van der Waals surface area contributed by atoms with Crippen molar-refractivity contribution in [2.24, 2.45) is 0 Å². The molecule has 0 aromatic carbocycles. The van der Waals surface area contributed by atoms with E-state index in [0.717, 1.165) is 10.4 Å². The van der Waals surface area contributed by atoms with E-state index in [0.29, 0.717) is 13.0 Å². The zero-order valence-corrected chi connectivity index (χ0v) is 12.3. The minimum Gasteiger partial charge on any atom is -0.384 e. The fraction of sp³-hybridized carbons (Fsp3) is 0.500. The van der Waals surface area contributed by atoms with Gasteiger partial charge in [-0.3, -0.25) is 4.79 Å². The number of nitrogens with one attached hydrogen (secondary N) is 1. The van der Waals surface area contributed by atoms with E-state index >= 15 is 0 Å². The van der Waals surface area contributed by atoms with Crippen LogP contribution in [0.2, 0.25) is 0 Å². The molecule has 1 atom stereocenters. The van der Waals surface area contributed by atoms with Crippen LogP contribution in [-0.2, 0) is 16.1 Å². The van der Waals surface area contributed by atoms with Crippen LogP contribution < -0.4 is 5.32 Å². The van der Waals surface area contributed by atoms with E-state index in [1.54, 1.807) is 6.92 Å². The summed E-state index contributed by atoms with van der Waals surface area (Å²) >= 11 is 1.53. The van der Waals surface area contributed by atoms with E-state index < -0.39 is 5.60 Å². The molecule has 0 bridgehead atoms. The molecule has 0 saturated carbocycles. The second-order valence-corrected chi connectivity index (χ2v) is 5.19. The molecule has 1 unspecified atom stereocenters. The molecule has 0 aliphatic carbocycles. The molecule has 104 valence electrons. The Morgan fingerprint density at radius 1 is 1.63 bits per heavy atom. The number of ether oxygens (including phenoxy) is 1. The second kappa shape index (κ2) is 7.29.